The second kappa shape index (κ2) is 5.30. The highest BCUT2D eigenvalue weighted by Gasteiger charge is 2.17. The van der Waals surface area contributed by atoms with Crippen LogP contribution in [0, 0.1) is 0 Å². The third-order valence-corrected chi connectivity index (χ3v) is 2.82. The van der Waals surface area contributed by atoms with Gasteiger partial charge in [-0.2, -0.15) is 0 Å². The van der Waals surface area contributed by atoms with Gasteiger partial charge in [0.2, 0.25) is 0 Å². The second-order valence-corrected chi connectivity index (χ2v) is 4.55. The first-order chi connectivity index (χ1) is 8.60. The summed E-state index contributed by atoms with van der Waals surface area (Å²) in [6, 6.07) is 1.76. The molecule has 0 unspecified atom stereocenters. The Labute approximate surface area is 113 Å². The molecule has 18 heavy (non-hydrogen) atoms. The van der Waals surface area contributed by atoms with Crippen LogP contribution in [-0.2, 0) is 9.53 Å². The minimum atomic E-state index is -0.369. The lowest BCUT2D eigenvalue weighted by molar-refractivity contribution is -0.138. The molecule has 0 amide bonds. The molecule has 0 aromatic carbocycles. The van der Waals surface area contributed by atoms with E-state index in [0.29, 0.717) is 28.3 Å². The molecule has 5 nitrogen and oxygen atoms in total. The highest BCUT2D eigenvalue weighted by molar-refractivity contribution is 9.10. The summed E-state index contributed by atoms with van der Waals surface area (Å²) in [5.74, 6) is 0.0116. The van der Waals surface area contributed by atoms with Crippen molar-refractivity contribution in [2.24, 2.45) is 10.7 Å². The van der Waals surface area contributed by atoms with Crippen molar-refractivity contribution in [3.63, 3.8) is 0 Å². The van der Waals surface area contributed by atoms with Gasteiger partial charge in [0.25, 0.3) is 0 Å². The van der Waals surface area contributed by atoms with Crippen molar-refractivity contribution >= 4 is 39.5 Å². The van der Waals surface area contributed by atoms with E-state index in [1.807, 2.05) is 0 Å². The maximum absolute atomic E-state index is 11.7. The molecule has 2 rings (SSSR count). The Balaban J connectivity index is 2.45. The van der Waals surface area contributed by atoms with Gasteiger partial charge in [0.1, 0.15) is 10.4 Å². The Bertz CT molecular complexity index is 552. The molecule has 0 bridgehead atoms. The number of rotatable bonds is 2. The fourth-order valence-electron chi connectivity index (χ4n) is 1.62. The molecule has 0 saturated heterocycles. The van der Waals surface area contributed by atoms with E-state index in [-0.39, 0.29) is 12.4 Å². The second-order valence-electron chi connectivity index (χ2n) is 3.74. The van der Waals surface area contributed by atoms with E-state index in [4.69, 9.17) is 10.5 Å². The SMILES string of the molecule is CCOC(=O)C1=Cc2cnc(Br)cc2N=C(N)C1. The number of ether oxygens (including phenoxy) is 1. The summed E-state index contributed by atoms with van der Waals surface area (Å²) in [5, 5.41) is 0. The molecule has 0 aliphatic carbocycles. The van der Waals surface area contributed by atoms with Crippen LogP contribution in [0.25, 0.3) is 6.08 Å². The molecule has 6 heteroatoms. The molecule has 2 N–H and O–H groups in total. The number of pyridine rings is 1. The Hall–Kier alpha value is -1.69. The maximum atomic E-state index is 11.7. The summed E-state index contributed by atoms with van der Waals surface area (Å²) in [6.07, 6.45) is 3.64. The molecule has 2 heterocycles. The minimum Gasteiger partial charge on any atom is -0.463 e. The van der Waals surface area contributed by atoms with Crippen molar-refractivity contribution < 1.29 is 9.53 Å². The molecular weight excluding hydrogens is 298 g/mol. The third-order valence-electron chi connectivity index (χ3n) is 2.38. The van der Waals surface area contributed by atoms with Gasteiger partial charge in [0, 0.05) is 23.8 Å². The van der Waals surface area contributed by atoms with Crippen LogP contribution in [0.5, 0.6) is 0 Å². The molecule has 1 aromatic rings. The first-order valence-electron chi connectivity index (χ1n) is 5.46. The number of fused-ring (bicyclic) bond motifs is 1. The molecule has 1 aliphatic heterocycles. The highest BCUT2D eigenvalue weighted by atomic mass is 79.9. The van der Waals surface area contributed by atoms with E-state index < -0.39 is 0 Å². The van der Waals surface area contributed by atoms with Crippen molar-refractivity contribution in [3.8, 4) is 0 Å². The third kappa shape index (κ3) is 2.76. The quantitative estimate of drug-likeness (QED) is 0.671. The first-order valence-corrected chi connectivity index (χ1v) is 6.25. The van der Waals surface area contributed by atoms with Crippen LogP contribution in [0.1, 0.15) is 18.9 Å². The van der Waals surface area contributed by atoms with Crippen LogP contribution in [-0.4, -0.2) is 23.4 Å². The van der Waals surface area contributed by atoms with Crippen LogP contribution in [0.3, 0.4) is 0 Å². The Morgan fingerprint density at radius 3 is 3.11 bits per heavy atom. The molecule has 0 atom stereocenters. The summed E-state index contributed by atoms with van der Waals surface area (Å²) in [6.45, 7) is 2.10. The Morgan fingerprint density at radius 2 is 2.39 bits per heavy atom. The summed E-state index contributed by atoms with van der Waals surface area (Å²) in [4.78, 5) is 20.1. The van der Waals surface area contributed by atoms with Crippen molar-refractivity contribution in [2.45, 2.75) is 13.3 Å². The lowest BCUT2D eigenvalue weighted by Crippen LogP contribution is -2.16. The largest absolute Gasteiger partial charge is 0.463 e. The lowest BCUT2D eigenvalue weighted by atomic mass is 10.1. The summed E-state index contributed by atoms with van der Waals surface area (Å²) >= 11 is 3.27. The summed E-state index contributed by atoms with van der Waals surface area (Å²) < 4.78 is 5.65. The van der Waals surface area contributed by atoms with Gasteiger partial charge in [-0.15, -0.1) is 0 Å². The van der Waals surface area contributed by atoms with Gasteiger partial charge in [-0.25, -0.2) is 14.8 Å². The van der Waals surface area contributed by atoms with Gasteiger partial charge >= 0.3 is 5.97 Å². The number of nitrogens with zero attached hydrogens (tertiary/aromatic N) is 2. The Morgan fingerprint density at radius 1 is 1.61 bits per heavy atom. The molecule has 1 aliphatic rings. The monoisotopic (exact) mass is 309 g/mol. The number of hydrogen-bond acceptors (Lipinski definition) is 5. The molecule has 0 saturated carbocycles. The number of amidine groups is 1. The summed E-state index contributed by atoms with van der Waals surface area (Å²) in [5.41, 5.74) is 7.72. The van der Waals surface area contributed by atoms with Crippen molar-refractivity contribution in [2.75, 3.05) is 6.61 Å². The lowest BCUT2D eigenvalue weighted by Gasteiger charge is -2.04. The number of esters is 1. The van der Waals surface area contributed by atoms with Gasteiger partial charge in [-0.3, -0.25) is 0 Å². The predicted molar refractivity (Wildman–Crippen MR) is 72.4 cm³/mol. The van der Waals surface area contributed by atoms with Crippen molar-refractivity contribution in [1.82, 2.24) is 4.98 Å². The fourth-order valence-corrected chi connectivity index (χ4v) is 1.94. The van der Waals surface area contributed by atoms with E-state index in [0.717, 1.165) is 5.56 Å². The van der Waals surface area contributed by atoms with Gasteiger partial charge in [-0.05, 0) is 35.0 Å². The number of carbonyl (C=O) groups excluding carboxylic acids is 1. The average Bonchev–Trinajstić information content (AvgIpc) is 2.47. The van der Waals surface area contributed by atoms with Gasteiger partial charge in [0.05, 0.1) is 12.3 Å². The van der Waals surface area contributed by atoms with Crippen LogP contribution >= 0.6 is 15.9 Å². The van der Waals surface area contributed by atoms with Crippen LogP contribution in [0.15, 0.2) is 27.4 Å². The van der Waals surface area contributed by atoms with Gasteiger partial charge in [-0.1, -0.05) is 0 Å². The zero-order chi connectivity index (χ0) is 13.1. The number of carbonyl (C=O) groups is 1. The van der Waals surface area contributed by atoms with Gasteiger partial charge in [0.15, 0.2) is 0 Å². The van der Waals surface area contributed by atoms with Crippen LogP contribution < -0.4 is 5.73 Å². The minimum absolute atomic E-state index is 0.283. The molecule has 0 fully saturated rings. The number of aliphatic imine (C=N–C) groups is 1. The smallest absolute Gasteiger partial charge is 0.334 e. The molecular formula is C12H12BrN3O2. The molecule has 1 aromatic heterocycles. The number of aromatic nitrogens is 1. The summed E-state index contributed by atoms with van der Waals surface area (Å²) in [7, 11) is 0. The Kier molecular flexibility index (Phi) is 3.76. The maximum Gasteiger partial charge on any atom is 0.334 e. The zero-order valence-electron chi connectivity index (χ0n) is 9.81. The molecule has 94 valence electrons. The standard InChI is InChI=1S/C12H12BrN3O2/c1-2-18-12(17)7-3-8-6-15-10(13)5-9(8)16-11(14)4-7/h3,5-6H,2,4H2,1H3,(H2,14,16). The molecule has 0 radical (unpaired) electrons. The number of nitrogens with two attached hydrogens (primary N) is 1. The zero-order valence-corrected chi connectivity index (χ0v) is 11.4. The average molecular weight is 310 g/mol. The van der Waals surface area contributed by atoms with E-state index in [1.165, 1.54) is 0 Å². The van der Waals surface area contributed by atoms with E-state index in [9.17, 15) is 4.79 Å². The van der Waals surface area contributed by atoms with Crippen LogP contribution in [0.2, 0.25) is 0 Å². The topological polar surface area (TPSA) is 77.6 Å². The van der Waals surface area contributed by atoms with Crippen molar-refractivity contribution in [3.05, 3.63) is 28.0 Å². The van der Waals surface area contributed by atoms with Crippen LogP contribution in [0.4, 0.5) is 5.69 Å². The first kappa shape index (κ1) is 12.8. The predicted octanol–water partition coefficient (Wildman–Crippen LogP) is 2.18. The van der Waals surface area contributed by atoms with Crippen molar-refractivity contribution in [1.29, 1.82) is 0 Å². The molecule has 0 spiro atoms. The van der Waals surface area contributed by atoms with E-state index in [1.54, 1.807) is 25.3 Å². The normalized spacial score (nSPS) is 14.1. The van der Waals surface area contributed by atoms with E-state index >= 15 is 0 Å². The van der Waals surface area contributed by atoms with Gasteiger partial charge < -0.3 is 10.5 Å². The van der Waals surface area contributed by atoms with E-state index in [2.05, 4.69) is 25.9 Å². The highest BCUT2D eigenvalue weighted by Crippen LogP contribution is 2.28. The number of hydrogen-bond donors (Lipinski definition) is 1. The fraction of sp³-hybridized carbons (Fsp3) is 0.250. The number of halogens is 1.